The van der Waals surface area contributed by atoms with Crippen molar-refractivity contribution in [2.24, 2.45) is 5.73 Å². The van der Waals surface area contributed by atoms with Gasteiger partial charge in [-0.3, -0.25) is 10.3 Å². The summed E-state index contributed by atoms with van der Waals surface area (Å²) in [4.78, 5) is 55.2. The van der Waals surface area contributed by atoms with Gasteiger partial charge in [-0.2, -0.15) is 0 Å². The van der Waals surface area contributed by atoms with E-state index in [0.29, 0.717) is 36.4 Å². The lowest BCUT2D eigenvalue weighted by Crippen LogP contribution is -2.51. The average molecular weight is 719 g/mol. The van der Waals surface area contributed by atoms with Crippen LogP contribution in [0, 0.1) is 5.41 Å². The number of primary amides is 1. The van der Waals surface area contributed by atoms with Crippen LogP contribution in [-0.2, 0) is 20.8 Å². The summed E-state index contributed by atoms with van der Waals surface area (Å²) in [5, 5.41) is 42.0. The maximum absolute atomic E-state index is 13.2. The van der Waals surface area contributed by atoms with Crippen molar-refractivity contribution < 1.29 is 44.0 Å². The number of carboxylic acid groups (broad SMARTS) is 1. The SMILES string of the molecule is CC(C)c1cc(C(=N)N(C(N)=O)c2ccc(CN3CCN(C(=O)OC(C(=O)O)C(NC(=O)OC(C)(C)C)c4ccccc4)CC3)cc2)c(O)cc1O. The lowest BCUT2D eigenvalue weighted by Gasteiger charge is -2.35. The molecule has 1 saturated heterocycles. The van der Waals surface area contributed by atoms with Crippen LogP contribution >= 0.6 is 0 Å². The average Bonchev–Trinajstić information content (AvgIpc) is 3.06. The van der Waals surface area contributed by atoms with Crippen LogP contribution in [0.15, 0.2) is 66.7 Å². The Morgan fingerprint density at radius 3 is 2.10 bits per heavy atom. The Balaban J connectivity index is 1.39. The molecule has 15 nitrogen and oxygen atoms in total. The molecule has 15 heteroatoms. The van der Waals surface area contributed by atoms with Gasteiger partial charge in [0.05, 0.1) is 11.3 Å². The number of hydrogen-bond acceptors (Lipinski definition) is 10. The molecule has 7 N–H and O–H groups in total. The lowest BCUT2D eigenvalue weighted by molar-refractivity contribution is -0.149. The molecule has 4 amide bonds. The fraction of sp³-hybridized carbons (Fsp3) is 0.378. The van der Waals surface area contributed by atoms with Gasteiger partial charge in [0.25, 0.3) is 0 Å². The van der Waals surface area contributed by atoms with Gasteiger partial charge in [-0.1, -0.05) is 56.3 Å². The molecule has 0 saturated carbocycles. The van der Waals surface area contributed by atoms with Crippen LogP contribution in [0.5, 0.6) is 11.5 Å². The second kappa shape index (κ2) is 16.5. The molecule has 0 aromatic heterocycles. The predicted octanol–water partition coefficient (Wildman–Crippen LogP) is 5.11. The third-order valence-corrected chi connectivity index (χ3v) is 8.30. The molecule has 1 aliphatic heterocycles. The molecule has 0 bridgehead atoms. The number of phenolic OH excluding ortho intramolecular Hbond substituents is 2. The van der Waals surface area contributed by atoms with Crippen LogP contribution in [-0.4, -0.2) is 93.0 Å². The van der Waals surface area contributed by atoms with Gasteiger partial charge < -0.3 is 40.7 Å². The van der Waals surface area contributed by atoms with Gasteiger partial charge in [0, 0.05) is 38.8 Å². The molecule has 1 heterocycles. The number of carbonyl (C=O) groups excluding carboxylic acids is 3. The van der Waals surface area contributed by atoms with Crippen molar-refractivity contribution in [1.82, 2.24) is 15.1 Å². The monoisotopic (exact) mass is 718 g/mol. The Labute approximate surface area is 302 Å². The van der Waals surface area contributed by atoms with E-state index < -0.39 is 41.9 Å². The van der Waals surface area contributed by atoms with Crippen molar-refractivity contribution >= 4 is 35.7 Å². The number of ether oxygens (including phenoxy) is 2. The summed E-state index contributed by atoms with van der Waals surface area (Å²) in [5.74, 6) is -2.40. The van der Waals surface area contributed by atoms with Gasteiger partial charge in [0.15, 0.2) is 0 Å². The summed E-state index contributed by atoms with van der Waals surface area (Å²) in [5.41, 5.74) is 6.93. The first kappa shape index (κ1) is 39.0. The molecule has 2 unspecified atom stereocenters. The Kier molecular flexibility index (Phi) is 12.3. The van der Waals surface area contributed by atoms with E-state index in [4.69, 9.17) is 20.6 Å². The minimum absolute atomic E-state index is 0.0327. The number of carbonyl (C=O) groups is 4. The molecule has 4 rings (SSSR count). The molecule has 0 aliphatic carbocycles. The molecule has 3 aromatic rings. The molecule has 1 fully saturated rings. The number of nitrogens with one attached hydrogen (secondary N) is 2. The van der Waals surface area contributed by atoms with Gasteiger partial charge in [-0.25, -0.2) is 24.1 Å². The van der Waals surface area contributed by atoms with E-state index in [2.05, 4.69) is 10.2 Å². The van der Waals surface area contributed by atoms with Crippen LogP contribution in [0.1, 0.15) is 68.8 Å². The third-order valence-electron chi connectivity index (χ3n) is 8.30. The van der Waals surface area contributed by atoms with Gasteiger partial charge in [0.1, 0.15) is 29.0 Å². The molecule has 278 valence electrons. The summed E-state index contributed by atoms with van der Waals surface area (Å²) in [6, 6.07) is 15.6. The highest BCUT2D eigenvalue weighted by molar-refractivity contribution is 6.22. The number of piperazine rings is 1. The number of anilines is 1. The molecule has 0 spiro atoms. The van der Waals surface area contributed by atoms with Gasteiger partial charge >= 0.3 is 24.2 Å². The number of alkyl carbamates (subject to hydrolysis) is 1. The van der Waals surface area contributed by atoms with E-state index in [1.165, 1.54) is 11.0 Å². The number of rotatable bonds is 10. The van der Waals surface area contributed by atoms with E-state index in [1.807, 2.05) is 13.8 Å². The Morgan fingerprint density at radius 1 is 0.942 bits per heavy atom. The number of amidine groups is 1. The predicted molar refractivity (Wildman–Crippen MR) is 193 cm³/mol. The first-order valence-corrected chi connectivity index (χ1v) is 16.7. The molecular weight excluding hydrogens is 672 g/mol. The van der Waals surface area contributed by atoms with E-state index in [9.17, 15) is 34.5 Å². The number of urea groups is 1. The number of aromatic hydroxyl groups is 2. The second-order valence-electron chi connectivity index (χ2n) is 13.7. The number of aliphatic carboxylic acids is 1. The third kappa shape index (κ3) is 9.90. The van der Waals surface area contributed by atoms with Crippen LogP contribution in [0.2, 0.25) is 0 Å². The van der Waals surface area contributed by atoms with Gasteiger partial charge in [0.2, 0.25) is 6.10 Å². The zero-order valence-corrected chi connectivity index (χ0v) is 29.8. The number of hydrogen-bond donors (Lipinski definition) is 6. The molecular formula is C37H46N6O9. The second-order valence-corrected chi connectivity index (χ2v) is 13.7. The summed E-state index contributed by atoms with van der Waals surface area (Å²) >= 11 is 0. The van der Waals surface area contributed by atoms with Crippen molar-refractivity contribution in [2.75, 3.05) is 31.1 Å². The fourth-order valence-corrected chi connectivity index (χ4v) is 5.70. The fourth-order valence-electron chi connectivity index (χ4n) is 5.70. The normalized spacial score (nSPS) is 14.6. The lowest BCUT2D eigenvalue weighted by atomic mass is 9.98. The highest BCUT2D eigenvalue weighted by Crippen LogP contribution is 2.34. The van der Waals surface area contributed by atoms with E-state index in [-0.39, 0.29) is 41.9 Å². The molecule has 52 heavy (non-hydrogen) atoms. The number of nitrogens with zero attached hydrogens (tertiary/aromatic N) is 3. The first-order chi connectivity index (χ1) is 24.4. The maximum atomic E-state index is 13.2. The zero-order valence-electron chi connectivity index (χ0n) is 29.8. The number of amides is 4. The van der Waals surface area contributed by atoms with Crippen LogP contribution in [0.25, 0.3) is 0 Å². The zero-order chi connectivity index (χ0) is 38.3. The first-order valence-electron chi connectivity index (χ1n) is 16.7. The standard InChI is InChI=1S/C37H46N6O9/c1-22(2)26-19-27(29(45)20-28(26)44)32(38)43(34(39)48)25-13-11-23(12-14-25)21-41-15-17-42(18-16-41)36(50)51-31(33(46)47)30(24-9-7-6-8-10-24)40-35(49)52-37(3,4)5/h6-14,19-20,22,30-31,38,44-45H,15-18,21H2,1-5H3,(H2,39,48)(H,40,49)(H,46,47). The minimum Gasteiger partial charge on any atom is -0.508 e. The molecule has 0 radical (unpaired) electrons. The molecule has 3 aromatic carbocycles. The smallest absolute Gasteiger partial charge is 0.410 e. The summed E-state index contributed by atoms with van der Waals surface area (Å²) in [6.07, 6.45) is -3.43. The van der Waals surface area contributed by atoms with Crippen molar-refractivity contribution in [3.05, 3.63) is 89.0 Å². The number of phenols is 2. The largest absolute Gasteiger partial charge is 0.508 e. The van der Waals surface area contributed by atoms with Crippen molar-refractivity contribution in [2.45, 2.75) is 64.8 Å². The summed E-state index contributed by atoms with van der Waals surface area (Å²) in [6.45, 7) is 10.6. The number of nitrogens with two attached hydrogens (primary N) is 1. The van der Waals surface area contributed by atoms with Crippen molar-refractivity contribution in [1.29, 1.82) is 5.41 Å². The Morgan fingerprint density at radius 2 is 1.56 bits per heavy atom. The summed E-state index contributed by atoms with van der Waals surface area (Å²) in [7, 11) is 0. The van der Waals surface area contributed by atoms with E-state index in [1.54, 1.807) is 75.4 Å². The van der Waals surface area contributed by atoms with Crippen molar-refractivity contribution in [3.63, 3.8) is 0 Å². The van der Waals surface area contributed by atoms with E-state index >= 15 is 0 Å². The Hall–Kier alpha value is -5.83. The van der Waals surface area contributed by atoms with E-state index in [0.717, 1.165) is 16.5 Å². The van der Waals surface area contributed by atoms with Crippen LogP contribution in [0.3, 0.4) is 0 Å². The highest BCUT2D eigenvalue weighted by Gasteiger charge is 2.37. The van der Waals surface area contributed by atoms with Crippen LogP contribution < -0.4 is 16.0 Å². The Bertz CT molecular complexity index is 1770. The maximum Gasteiger partial charge on any atom is 0.410 e. The van der Waals surface area contributed by atoms with Gasteiger partial charge in [-0.15, -0.1) is 0 Å². The quantitative estimate of drug-likeness (QED) is 0.120. The molecule has 1 aliphatic rings. The topological polar surface area (TPSA) is 219 Å². The van der Waals surface area contributed by atoms with Crippen molar-refractivity contribution in [3.8, 4) is 11.5 Å². The summed E-state index contributed by atoms with van der Waals surface area (Å²) < 4.78 is 10.8. The molecule has 2 atom stereocenters. The van der Waals surface area contributed by atoms with Crippen LogP contribution in [0.4, 0.5) is 20.1 Å². The van der Waals surface area contributed by atoms with Gasteiger partial charge in [-0.05, 0) is 61.6 Å². The number of carboxylic acids is 1. The number of benzene rings is 3. The minimum atomic E-state index is -1.74. The highest BCUT2D eigenvalue weighted by atomic mass is 16.6.